The van der Waals surface area contributed by atoms with E-state index in [1.54, 1.807) is 0 Å². The molecular weight excluding hydrogens is 284 g/mol. The molecule has 1 N–H and O–H groups in total. The first kappa shape index (κ1) is 14.0. The van der Waals surface area contributed by atoms with Crippen LogP contribution >= 0.6 is 11.6 Å². The van der Waals surface area contributed by atoms with Gasteiger partial charge in [-0.1, -0.05) is 37.1 Å². The normalized spacial score (nSPS) is 11.0. The molecule has 0 aliphatic carbocycles. The first-order valence-corrected chi connectivity index (χ1v) is 7.47. The van der Waals surface area contributed by atoms with Gasteiger partial charge in [0.25, 0.3) is 0 Å². The fraction of sp³-hybridized carbons (Fsp3) is 0.235. The summed E-state index contributed by atoms with van der Waals surface area (Å²) in [5.41, 5.74) is 3.09. The number of benzene rings is 1. The lowest BCUT2D eigenvalue weighted by Crippen LogP contribution is -1.85. The molecule has 4 heteroatoms. The van der Waals surface area contributed by atoms with Crippen molar-refractivity contribution in [1.82, 2.24) is 9.97 Å². The maximum absolute atomic E-state index is 6.20. The minimum absolute atomic E-state index is 0.681. The van der Waals surface area contributed by atoms with Crippen molar-refractivity contribution in [2.75, 3.05) is 0 Å². The van der Waals surface area contributed by atoms with E-state index >= 15 is 0 Å². The number of nitrogens with zero attached hydrogens (tertiary/aromatic N) is 1. The van der Waals surface area contributed by atoms with Gasteiger partial charge in [0.2, 0.25) is 0 Å². The van der Waals surface area contributed by atoms with Crippen molar-refractivity contribution in [3.63, 3.8) is 0 Å². The standard InChI is InChI=1S/C17H17ClN2O/c1-3-6-14-11(2)19-17(20-14)16-10-9-15(21-16)12-7-4-5-8-13(12)18/h4-5,7-10H,3,6H2,1-2H3,(H,19,20). The van der Waals surface area contributed by atoms with Gasteiger partial charge in [-0.2, -0.15) is 0 Å². The predicted molar refractivity (Wildman–Crippen MR) is 85.5 cm³/mol. The number of H-pyrrole nitrogens is 1. The summed E-state index contributed by atoms with van der Waals surface area (Å²) in [4.78, 5) is 7.89. The molecule has 0 radical (unpaired) electrons. The number of halogens is 1. The molecule has 0 atom stereocenters. The number of furan rings is 1. The van der Waals surface area contributed by atoms with E-state index in [1.165, 1.54) is 5.69 Å². The van der Waals surface area contributed by atoms with Crippen LogP contribution in [0.25, 0.3) is 22.9 Å². The van der Waals surface area contributed by atoms with Gasteiger partial charge in [-0.05, 0) is 37.6 Å². The lowest BCUT2D eigenvalue weighted by molar-refractivity contribution is 0.592. The van der Waals surface area contributed by atoms with Crippen LogP contribution in [-0.2, 0) is 6.42 Å². The second-order valence-electron chi connectivity index (χ2n) is 5.04. The van der Waals surface area contributed by atoms with E-state index in [4.69, 9.17) is 16.0 Å². The summed E-state index contributed by atoms with van der Waals surface area (Å²) in [5.74, 6) is 2.26. The molecule has 0 aliphatic heterocycles. The lowest BCUT2D eigenvalue weighted by Gasteiger charge is -1.99. The summed E-state index contributed by atoms with van der Waals surface area (Å²) < 4.78 is 5.90. The summed E-state index contributed by atoms with van der Waals surface area (Å²) in [6.45, 7) is 4.17. The Morgan fingerprint density at radius 2 is 1.90 bits per heavy atom. The van der Waals surface area contributed by atoms with Crippen molar-refractivity contribution in [2.45, 2.75) is 26.7 Å². The van der Waals surface area contributed by atoms with Gasteiger partial charge in [-0.15, -0.1) is 0 Å². The van der Waals surface area contributed by atoms with E-state index in [2.05, 4.69) is 16.9 Å². The zero-order valence-corrected chi connectivity index (χ0v) is 12.9. The Kier molecular flexibility index (Phi) is 3.84. The van der Waals surface area contributed by atoms with Gasteiger partial charge in [0.05, 0.1) is 10.7 Å². The Bertz CT molecular complexity index is 758. The molecule has 0 saturated heterocycles. The van der Waals surface area contributed by atoms with Gasteiger partial charge in [0, 0.05) is 11.3 Å². The maximum Gasteiger partial charge on any atom is 0.174 e. The number of hydrogen-bond donors (Lipinski definition) is 1. The van der Waals surface area contributed by atoms with Crippen LogP contribution in [0.1, 0.15) is 24.7 Å². The third-order valence-corrected chi connectivity index (χ3v) is 3.79. The van der Waals surface area contributed by atoms with Crippen LogP contribution in [0.15, 0.2) is 40.8 Å². The van der Waals surface area contributed by atoms with Crippen molar-refractivity contribution in [3.05, 3.63) is 52.8 Å². The molecule has 0 fully saturated rings. The average molecular weight is 301 g/mol. The summed E-state index contributed by atoms with van der Waals surface area (Å²) in [6, 6.07) is 11.5. The number of imidazole rings is 1. The van der Waals surface area contributed by atoms with Crippen LogP contribution < -0.4 is 0 Å². The Balaban J connectivity index is 1.95. The number of hydrogen-bond acceptors (Lipinski definition) is 2. The van der Waals surface area contributed by atoms with Crippen LogP contribution in [0.4, 0.5) is 0 Å². The molecule has 1 aromatic carbocycles. The quantitative estimate of drug-likeness (QED) is 0.715. The fourth-order valence-corrected chi connectivity index (χ4v) is 2.61. The molecule has 0 unspecified atom stereocenters. The highest BCUT2D eigenvalue weighted by Crippen LogP contribution is 2.32. The van der Waals surface area contributed by atoms with Crippen LogP contribution in [0.5, 0.6) is 0 Å². The monoisotopic (exact) mass is 300 g/mol. The molecule has 2 heterocycles. The second-order valence-corrected chi connectivity index (χ2v) is 5.45. The number of rotatable bonds is 4. The largest absolute Gasteiger partial charge is 0.453 e. The van der Waals surface area contributed by atoms with Gasteiger partial charge in [0.15, 0.2) is 11.6 Å². The smallest absolute Gasteiger partial charge is 0.174 e. The third kappa shape index (κ3) is 2.74. The van der Waals surface area contributed by atoms with Crippen LogP contribution in [-0.4, -0.2) is 9.97 Å². The first-order chi connectivity index (χ1) is 10.2. The molecule has 3 nitrogen and oxygen atoms in total. The van der Waals surface area contributed by atoms with E-state index in [9.17, 15) is 0 Å². The zero-order valence-electron chi connectivity index (χ0n) is 12.1. The Hall–Kier alpha value is -2.00. The predicted octanol–water partition coefficient (Wildman–Crippen LogP) is 5.25. The second kappa shape index (κ2) is 5.78. The number of aryl methyl sites for hydroxylation is 2. The van der Waals surface area contributed by atoms with E-state index in [0.717, 1.165) is 41.4 Å². The minimum Gasteiger partial charge on any atom is -0.453 e. The maximum atomic E-state index is 6.20. The van der Waals surface area contributed by atoms with Crippen molar-refractivity contribution in [2.24, 2.45) is 0 Å². The molecule has 108 valence electrons. The third-order valence-electron chi connectivity index (χ3n) is 3.46. The topological polar surface area (TPSA) is 41.8 Å². The molecule has 0 bridgehead atoms. The molecule has 0 spiro atoms. The van der Waals surface area contributed by atoms with Crippen LogP contribution in [0.3, 0.4) is 0 Å². The highest BCUT2D eigenvalue weighted by Gasteiger charge is 2.13. The zero-order chi connectivity index (χ0) is 14.8. The Morgan fingerprint density at radius 1 is 1.14 bits per heavy atom. The molecule has 0 aliphatic rings. The molecule has 3 rings (SSSR count). The van der Waals surface area contributed by atoms with Gasteiger partial charge in [-0.25, -0.2) is 4.98 Å². The summed E-state index contributed by atoms with van der Waals surface area (Å²) in [7, 11) is 0. The van der Waals surface area contributed by atoms with E-state index in [-0.39, 0.29) is 0 Å². The van der Waals surface area contributed by atoms with Crippen molar-refractivity contribution < 1.29 is 4.42 Å². The molecular formula is C17H17ClN2O. The average Bonchev–Trinajstić information content (AvgIpc) is 3.08. The summed E-state index contributed by atoms with van der Waals surface area (Å²) in [5, 5.41) is 0.681. The van der Waals surface area contributed by atoms with E-state index in [1.807, 2.05) is 43.3 Å². The highest BCUT2D eigenvalue weighted by atomic mass is 35.5. The number of nitrogens with one attached hydrogen (secondary N) is 1. The lowest BCUT2D eigenvalue weighted by atomic mass is 10.2. The number of aromatic nitrogens is 2. The van der Waals surface area contributed by atoms with Crippen molar-refractivity contribution in [3.8, 4) is 22.9 Å². The SMILES string of the molecule is CCCc1[nH]c(-c2ccc(-c3ccccc3Cl)o2)nc1C. The summed E-state index contributed by atoms with van der Waals surface area (Å²) in [6.07, 6.45) is 2.09. The Morgan fingerprint density at radius 3 is 2.67 bits per heavy atom. The van der Waals surface area contributed by atoms with Gasteiger partial charge in [0.1, 0.15) is 5.76 Å². The number of aromatic amines is 1. The van der Waals surface area contributed by atoms with Crippen LogP contribution in [0, 0.1) is 6.92 Å². The van der Waals surface area contributed by atoms with Gasteiger partial charge < -0.3 is 9.40 Å². The molecule has 0 saturated carbocycles. The fourth-order valence-electron chi connectivity index (χ4n) is 2.38. The highest BCUT2D eigenvalue weighted by molar-refractivity contribution is 6.33. The van der Waals surface area contributed by atoms with E-state index < -0.39 is 0 Å². The van der Waals surface area contributed by atoms with Crippen molar-refractivity contribution in [1.29, 1.82) is 0 Å². The first-order valence-electron chi connectivity index (χ1n) is 7.09. The molecule has 21 heavy (non-hydrogen) atoms. The van der Waals surface area contributed by atoms with E-state index in [0.29, 0.717) is 5.02 Å². The Labute approximate surface area is 129 Å². The van der Waals surface area contributed by atoms with Gasteiger partial charge >= 0.3 is 0 Å². The van der Waals surface area contributed by atoms with Crippen LogP contribution in [0.2, 0.25) is 5.02 Å². The molecule has 2 aromatic heterocycles. The van der Waals surface area contributed by atoms with Gasteiger partial charge in [-0.3, -0.25) is 0 Å². The minimum atomic E-state index is 0.681. The molecule has 3 aromatic rings. The van der Waals surface area contributed by atoms with Crippen molar-refractivity contribution >= 4 is 11.6 Å². The summed E-state index contributed by atoms with van der Waals surface area (Å²) >= 11 is 6.20. The molecule has 0 amide bonds.